The maximum atomic E-state index is 11.5. The van der Waals surface area contributed by atoms with Gasteiger partial charge >= 0.3 is 6.09 Å². The summed E-state index contributed by atoms with van der Waals surface area (Å²) in [7, 11) is 0. The molecule has 0 bridgehead atoms. The molecule has 0 radical (unpaired) electrons. The van der Waals surface area contributed by atoms with Gasteiger partial charge in [-0.05, 0) is 33.6 Å². The van der Waals surface area contributed by atoms with Crippen molar-refractivity contribution < 1.29 is 38.4 Å². The summed E-state index contributed by atoms with van der Waals surface area (Å²) in [5.41, 5.74) is -0.508. The van der Waals surface area contributed by atoms with Crippen LogP contribution in [0.5, 0.6) is 0 Å². The second kappa shape index (κ2) is 20.4. The molecule has 0 spiro atoms. The van der Waals surface area contributed by atoms with Gasteiger partial charge in [-0.25, -0.2) is 4.79 Å². The van der Waals surface area contributed by atoms with E-state index in [4.69, 9.17) is 28.8 Å². The predicted octanol–water partition coefficient (Wildman–Crippen LogP) is 1.25. The second-order valence-corrected chi connectivity index (χ2v) is 7.76. The molecule has 0 aliphatic carbocycles. The van der Waals surface area contributed by atoms with Crippen LogP contribution in [0.3, 0.4) is 0 Å². The highest BCUT2D eigenvalue weighted by Crippen LogP contribution is 2.06. The van der Waals surface area contributed by atoms with Gasteiger partial charge in [0.15, 0.2) is 0 Å². The van der Waals surface area contributed by atoms with Crippen molar-refractivity contribution in [3.63, 3.8) is 0 Å². The number of aliphatic hydroxyl groups excluding tert-OH is 1. The Morgan fingerprint density at radius 1 is 0.710 bits per heavy atom. The molecule has 10 nitrogen and oxygen atoms in total. The summed E-state index contributed by atoms with van der Waals surface area (Å²) in [5, 5.41) is 14.1. The third-order valence-electron chi connectivity index (χ3n) is 3.66. The van der Waals surface area contributed by atoms with Crippen molar-refractivity contribution >= 4 is 12.0 Å². The van der Waals surface area contributed by atoms with Gasteiger partial charge in [0.25, 0.3) is 0 Å². The number of amides is 2. The Bertz CT molecular complexity index is 444. The summed E-state index contributed by atoms with van der Waals surface area (Å²) in [6.45, 7) is 10.0. The smallest absolute Gasteiger partial charge is 0.407 e. The molecule has 0 saturated carbocycles. The molecule has 0 fully saturated rings. The quantitative estimate of drug-likeness (QED) is 0.237. The minimum absolute atomic E-state index is 0.0122. The molecule has 31 heavy (non-hydrogen) atoms. The molecule has 3 N–H and O–H groups in total. The first kappa shape index (κ1) is 29.5. The van der Waals surface area contributed by atoms with Gasteiger partial charge in [0, 0.05) is 26.1 Å². The molecule has 0 aromatic heterocycles. The standard InChI is InChI=1S/C21H42N2O8/c1-21(2,3)31-20(26)23-9-12-28-14-16-30-18-17-29-15-13-27-11-8-22-19(25)7-5-4-6-10-24/h24H,4-18H2,1-3H3,(H,22,25)(H,23,26). The van der Waals surface area contributed by atoms with Crippen LogP contribution in [0, 0.1) is 0 Å². The first-order valence-corrected chi connectivity index (χ1v) is 11.0. The first-order valence-electron chi connectivity index (χ1n) is 11.0. The van der Waals surface area contributed by atoms with Crippen molar-refractivity contribution in [1.29, 1.82) is 0 Å². The van der Waals surface area contributed by atoms with E-state index in [9.17, 15) is 9.59 Å². The van der Waals surface area contributed by atoms with Crippen LogP contribution in [0.25, 0.3) is 0 Å². The van der Waals surface area contributed by atoms with Crippen LogP contribution in [0.2, 0.25) is 0 Å². The molecule has 0 rings (SSSR count). The van der Waals surface area contributed by atoms with Crippen molar-refractivity contribution in [1.82, 2.24) is 10.6 Å². The first-order chi connectivity index (χ1) is 14.8. The van der Waals surface area contributed by atoms with Crippen molar-refractivity contribution in [3.05, 3.63) is 0 Å². The predicted molar refractivity (Wildman–Crippen MR) is 116 cm³/mol. The molecule has 0 aromatic carbocycles. The molecule has 0 saturated heterocycles. The van der Waals surface area contributed by atoms with E-state index >= 15 is 0 Å². The maximum Gasteiger partial charge on any atom is 0.407 e. The SMILES string of the molecule is CC(C)(C)OC(=O)NCCOCCOCCOCCOCCNC(=O)CCCCCO. The van der Waals surface area contributed by atoms with E-state index < -0.39 is 11.7 Å². The van der Waals surface area contributed by atoms with Crippen LogP contribution in [-0.4, -0.2) is 95.3 Å². The number of unbranched alkanes of at least 4 members (excludes halogenated alkanes) is 2. The molecule has 0 aromatic rings. The lowest BCUT2D eigenvalue weighted by atomic mass is 10.2. The van der Waals surface area contributed by atoms with Gasteiger partial charge in [-0.2, -0.15) is 0 Å². The Labute approximate surface area is 186 Å². The Balaban J connectivity index is 3.20. The molecule has 184 valence electrons. The van der Waals surface area contributed by atoms with E-state index in [0.29, 0.717) is 72.4 Å². The van der Waals surface area contributed by atoms with E-state index in [0.717, 1.165) is 19.3 Å². The van der Waals surface area contributed by atoms with Gasteiger partial charge < -0.3 is 39.4 Å². The summed E-state index contributed by atoms with van der Waals surface area (Å²) in [6, 6.07) is 0. The molecule has 0 heterocycles. The van der Waals surface area contributed by atoms with Crippen LogP contribution in [0.1, 0.15) is 46.5 Å². The van der Waals surface area contributed by atoms with Crippen LogP contribution in [-0.2, 0) is 28.5 Å². The Morgan fingerprint density at radius 3 is 1.68 bits per heavy atom. The number of ether oxygens (including phenoxy) is 5. The van der Waals surface area contributed by atoms with E-state index in [-0.39, 0.29) is 12.5 Å². The zero-order valence-electron chi connectivity index (χ0n) is 19.4. The fourth-order valence-corrected chi connectivity index (χ4v) is 2.23. The number of nitrogens with one attached hydrogen (secondary N) is 2. The average Bonchev–Trinajstić information content (AvgIpc) is 2.69. The summed E-state index contributed by atoms with van der Waals surface area (Å²) >= 11 is 0. The molecule has 0 unspecified atom stereocenters. The topological polar surface area (TPSA) is 125 Å². The number of alkyl carbamates (subject to hydrolysis) is 1. The van der Waals surface area contributed by atoms with Gasteiger partial charge in [0.2, 0.25) is 5.91 Å². The maximum absolute atomic E-state index is 11.5. The van der Waals surface area contributed by atoms with Crippen molar-refractivity contribution in [2.45, 2.75) is 52.1 Å². The third-order valence-corrected chi connectivity index (χ3v) is 3.66. The minimum atomic E-state index is -0.508. The highest BCUT2D eigenvalue weighted by Gasteiger charge is 2.15. The summed E-state index contributed by atoms with van der Waals surface area (Å²) in [5.74, 6) is 0.0122. The molecule has 10 heteroatoms. The van der Waals surface area contributed by atoms with E-state index in [1.165, 1.54) is 0 Å². The highest BCUT2D eigenvalue weighted by atomic mass is 16.6. The Hall–Kier alpha value is -1.46. The lowest BCUT2D eigenvalue weighted by Crippen LogP contribution is -2.34. The summed E-state index contributed by atoms with van der Waals surface area (Å²) < 4.78 is 26.6. The Kier molecular flexibility index (Phi) is 19.5. The highest BCUT2D eigenvalue weighted by molar-refractivity contribution is 5.75. The third kappa shape index (κ3) is 24.7. The molecule has 2 amide bonds. The van der Waals surface area contributed by atoms with Gasteiger partial charge in [-0.15, -0.1) is 0 Å². The lowest BCUT2D eigenvalue weighted by Gasteiger charge is -2.19. The van der Waals surface area contributed by atoms with Gasteiger partial charge in [-0.1, -0.05) is 6.42 Å². The van der Waals surface area contributed by atoms with E-state index in [1.807, 2.05) is 20.8 Å². The van der Waals surface area contributed by atoms with Gasteiger partial charge in [0.1, 0.15) is 5.60 Å². The van der Waals surface area contributed by atoms with Crippen molar-refractivity contribution in [2.75, 3.05) is 72.6 Å². The van der Waals surface area contributed by atoms with E-state index in [1.54, 1.807) is 0 Å². The summed E-state index contributed by atoms with van der Waals surface area (Å²) in [6.07, 6.45) is 2.42. The van der Waals surface area contributed by atoms with Crippen molar-refractivity contribution in [3.8, 4) is 0 Å². The largest absolute Gasteiger partial charge is 0.444 e. The number of hydrogen-bond acceptors (Lipinski definition) is 8. The minimum Gasteiger partial charge on any atom is -0.444 e. The molecular weight excluding hydrogens is 408 g/mol. The van der Waals surface area contributed by atoms with Crippen LogP contribution in [0.4, 0.5) is 4.79 Å². The number of carbonyl (C=O) groups excluding carboxylic acids is 2. The van der Waals surface area contributed by atoms with Crippen LogP contribution >= 0.6 is 0 Å². The van der Waals surface area contributed by atoms with E-state index in [2.05, 4.69) is 10.6 Å². The number of carbonyl (C=O) groups is 2. The molecule has 0 aliphatic heterocycles. The second-order valence-electron chi connectivity index (χ2n) is 7.76. The van der Waals surface area contributed by atoms with Gasteiger partial charge in [0.05, 0.1) is 52.9 Å². The lowest BCUT2D eigenvalue weighted by molar-refractivity contribution is -0.121. The number of aliphatic hydroxyl groups is 1. The zero-order valence-corrected chi connectivity index (χ0v) is 19.4. The monoisotopic (exact) mass is 450 g/mol. The fourth-order valence-electron chi connectivity index (χ4n) is 2.23. The normalized spacial score (nSPS) is 11.4. The Morgan fingerprint density at radius 2 is 1.19 bits per heavy atom. The van der Waals surface area contributed by atoms with Crippen LogP contribution in [0.15, 0.2) is 0 Å². The molecule has 0 aliphatic rings. The summed E-state index contributed by atoms with van der Waals surface area (Å²) in [4.78, 5) is 22.9. The number of rotatable bonds is 20. The fraction of sp³-hybridized carbons (Fsp3) is 0.905. The number of hydrogen-bond donors (Lipinski definition) is 3. The van der Waals surface area contributed by atoms with Crippen LogP contribution < -0.4 is 10.6 Å². The zero-order chi connectivity index (χ0) is 23.2. The van der Waals surface area contributed by atoms with Crippen molar-refractivity contribution in [2.24, 2.45) is 0 Å². The molecule has 0 atom stereocenters. The average molecular weight is 451 g/mol. The molecular formula is C21H42N2O8. The van der Waals surface area contributed by atoms with Gasteiger partial charge in [-0.3, -0.25) is 4.79 Å².